The van der Waals surface area contributed by atoms with Gasteiger partial charge in [-0.25, -0.2) is 0 Å². The number of carbonyl (C=O) groups is 1. The third kappa shape index (κ3) is 5.97. The van der Waals surface area contributed by atoms with E-state index < -0.39 is 35.4 Å². The normalized spacial score (nSPS) is 24.1. The molecule has 5 nitrogen and oxygen atoms in total. The molecule has 2 aliphatic rings. The molecule has 1 amide bonds. The van der Waals surface area contributed by atoms with Crippen LogP contribution in [0.2, 0.25) is 0 Å². The fraction of sp³-hybridized carbons (Fsp3) is 0.615. The Bertz CT molecular complexity index is 1040. The first-order valence-corrected chi connectivity index (χ1v) is 12.6. The lowest BCUT2D eigenvalue weighted by atomic mass is 9.74. The molecule has 4 rings (SSSR count). The summed E-state index contributed by atoms with van der Waals surface area (Å²) in [4.78, 5) is 15.8. The van der Waals surface area contributed by atoms with Crippen LogP contribution in [0.15, 0.2) is 30.5 Å². The van der Waals surface area contributed by atoms with E-state index in [9.17, 15) is 31.1 Å². The van der Waals surface area contributed by atoms with Crippen LogP contribution in [0.3, 0.4) is 0 Å². The van der Waals surface area contributed by atoms with Crippen molar-refractivity contribution >= 4 is 5.91 Å². The van der Waals surface area contributed by atoms with Gasteiger partial charge in [0.05, 0.1) is 16.5 Å². The van der Waals surface area contributed by atoms with Gasteiger partial charge in [0.25, 0.3) is 0 Å². The van der Waals surface area contributed by atoms with Crippen LogP contribution in [0.1, 0.15) is 74.3 Å². The number of hydrogen-bond donors (Lipinski definition) is 2. The number of likely N-dealkylation sites (tertiary alicyclic amines) is 1. The summed E-state index contributed by atoms with van der Waals surface area (Å²) in [5, 5.41) is 9.74. The second kappa shape index (κ2) is 10.3. The van der Waals surface area contributed by atoms with Crippen LogP contribution in [-0.4, -0.2) is 40.1 Å². The summed E-state index contributed by atoms with van der Waals surface area (Å²) in [6, 6.07) is 3.63. The molecule has 2 N–H and O–H groups in total. The Hall–Kier alpha value is -2.56. The monoisotopic (exact) mass is 530 g/mol. The van der Waals surface area contributed by atoms with Gasteiger partial charge in [-0.1, -0.05) is 13.8 Å². The topological polar surface area (TPSA) is 61.0 Å². The van der Waals surface area contributed by atoms with Gasteiger partial charge in [0.2, 0.25) is 5.91 Å². The van der Waals surface area contributed by atoms with Gasteiger partial charge in [0.1, 0.15) is 0 Å². The van der Waals surface area contributed by atoms with Crippen molar-refractivity contribution in [2.75, 3.05) is 13.1 Å². The minimum atomic E-state index is -4.93. The average Bonchev–Trinajstić information content (AvgIpc) is 3.53. The SMILES string of the molecule is CC(C)[C@]1(C(=O)NCc2cc(C(F)(F)F)cc(C(F)(F)F)c2)CC[C@@H](N2CCC(c3ccn[nH]3)CC2)C1. The van der Waals surface area contributed by atoms with Crippen molar-refractivity contribution in [3.63, 3.8) is 0 Å². The number of rotatable bonds is 6. The maximum absolute atomic E-state index is 13.4. The van der Waals surface area contributed by atoms with E-state index in [4.69, 9.17) is 0 Å². The fourth-order valence-corrected chi connectivity index (χ4v) is 5.90. The van der Waals surface area contributed by atoms with Crippen molar-refractivity contribution in [2.45, 2.75) is 76.8 Å². The second-order valence-electron chi connectivity index (χ2n) is 10.6. The average molecular weight is 531 g/mol. The summed E-state index contributed by atoms with van der Waals surface area (Å²) < 4.78 is 79.2. The summed E-state index contributed by atoms with van der Waals surface area (Å²) in [6.45, 7) is 5.28. The number of nitrogens with zero attached hydrogens (tertiary/aromatic N) is 2. The summed E-state index contributed by atoms with van der Waals surface area (Å²) in [5.74, 6) is 0.0722. The smallest absolute Gasteiger partial charge is 0.352 e. The zero-order chi connectivity index (χ0) is 27.0. The molecule has 1 saturated heterocycles. The molecule has 2 fully saturated rings. The molecule has 2 aromatic rings. The van der Waals surface area contributed by atoms with Gasteiger partial charge in [0, 0.05) is 30.4 Å². The standard InChI is InChI=1S/C26H32F6N4O/c1-16(2)24(7-3-21(14-24)36-9-5-18(6-10-36)22-4-8-34-35-22)23(37)33-15-17-11-19(25(27,28)29)13-20(12-17)26(30,31)32/h4,8,11-13,16,18,21H,3,5-7,9-10,14-15H2,1-2H3,(H,33,37)(H,34,35)/t21-,24+/m1/s1. The van der Waals surface area contributed by atoms with E-state index in [1.807, 2.05) is 19.9 Å². The molecular formula is C26H32F6N4O. The van der Waals surface area contributed by atoms with E-state index in [1.165, 1.54) is 0 Å². The van der Waals surface area contributed by atoms with Crippen molar-refractivity contribution in [3.05, 3.63) is 52.8 Å². The van der Waals surface area contributed by atoms with Crippen molar-refractivity contribution in [3.8, 4) is 0 Å². The van der Waals surface area contributed by atoms with Crippen molar-refractivity contribution < 1.29 is 31.1 Å². The van der Waals surface area contributed by atoms with E-state index in [-0.39, 0.29) is 29.5 Å². The lowest BCUT2D eigenvalue weighted by Gasteiger charge is -2.38. The van der Waals surface area contributed by atoms with Crippen molar-refractivity contribution in [1.82, 2.24) is 20.4 Å². The van der Waals surface area contributed by atoms with Crippen LogP contribution in [0.25, 0.3) is 0 Å². The van der Waals surface area contributed by atoms with Gasteiger partial charge >= 0.3 is 12.4 Å². The number of alkyl halides is 6. The lowest BCUT2D eigenvalue weighted by Crippen LogP contribution is -2.45. The number of aromatic amines is 1. The summed E-state index contributed by atoms with van der Waals surface area (Å²) in [5.41, 5.74) is -2.59. The Morgan fingerprint density at radius 2 is 1.70 bits per heavy atom. The van der Waals surface area contributed by atoms with Crippen LogP contribution in [0, 0.1) is 11.3 Å². The Kier molecular flexibility index (Phi) is 7.65. The molecule has 1 saturated carbocycles. The third-order valence-electron chi connectivity index (χ3n) is 8.19. The first kappa shape index (κ1) is 27.5. The van der Waals surface area contributed by atoms with E-state index >= 15 is 0 Å². The van der Waals surface area contributed by atoms with Gasteiger partial charge in [-0.15, -0.1) is 0 Å². The van der Waals surface area contributed by atoms with Crippen LogP contribution < -0.4 is 5.32 Å². The van der Waals surface area contributed by atoms with Gasteiger partial charge in [-0.3, -0.25) is 9.89 Å². The van der Waals surface area contributed by atoms with Crippen LogP contribution >= 0.6 is 0 Å². The highest BCUT2D eigenvalue weighted by atomic mass is 19.4. The lowest BCUT2D eigenvalue weighted by molar-refractivity contribution is -0.143. The van der Waals surface area contributed by atoms with Crippen molar-refractivity contribution in [2.24, 2.45) is 11.3 Å². The number of amides is 1. The number of benzene rings is 1. The maximum atomic E-state index is 13.4. The number of H-pyrrole nitrogens is 1. The van der Waals surface area contributed by atoms with E-state index in [2.05, 4.69) is 20.4 Å². The molecule has 0 bridgehead atoms. The highest BCUT2D eigenvalue weighted by molar-refractivity contribution is 5.83. The number of halogens is 6. The molecule has 0 radical (unpaired) electrons. The zero-order valence-corrected chi connectivity index (χ0v) is 20.8. The molecule has 1 aliphatic heterocycles. The largest absolute Gasteiger partial charge is 0.416 e. The minimum Gasteiger partial charge on any atom is -0.352 e. The van der Waals surface area contributed by atoms with E-state index in [1.54, 1.807) is 6.20 Å². The number of carbonyl (C=O) groups excluding carboxylic acids is 1. The summed E-state index contributed by atoms with van der Waals surface area (Å²) in [7, 11) is 0. The minimum absolute atomic E-state index is 0.0349. The van der Waals surface area contributed by atoms with Gasteiger partial charge in [-0.2, -0.15) is 31.4 Å². The highest BCUT2D eigenvalue weighted by Gasteiger charge is 2.49. The Labute approximate surface area is 212 Å². The van der Waals surface area contributed by atoms with E-state index in [0.29, 0.717) is 30.9 Å². The number of piperidine rings is 1. The molecule has 204 valence electrons. The number of aromatic nitrogens is 2. The van der Waals surface area contributed by atoms with Gasteiger partial charge in [-0.05, 0) is 80.9 Å². The van der Waals surface area contributed by atoms with Crippen LogP contribution in [0.5, 0.6) is 0 Å². The Balaban J connectivity index is 1.43. The summed E-state index contributed by atoms with van der Waals surface area (Å²) in [6.07, 6.45) is -4.09. The molecule has 11 heteroatoms. The van der Waals surface area contributed by atoms with Gasteiger partial charge in [0.15, 0.2) is 0 Å². The summed E-state index contributed by atoms with van der Waals surface area (Å²) >= 11 is 0. The molecule has 1 aromatic heterocycles. The number of nitrogens with one attached hydrogen (secondary N) is 2. The fourth-order valence-electron chi connectivity index (χ4n) is 5.90. The molecule has 0 spiro atoms. The van der Waals surface area contributed by atoms with Gasteiger partial charge < -0.3 is 10.2 Å². The molecular weight excluding hydrogens is 498 g/mol. The van der Waals surface area contributed by atoms with Crippen LogP contribution in [0.4, 0.5) is 26.3 Å². The third-order valence-corrected chi connectivity index (χ3v) is 8.19. The number of hydrogen-bond acceptors (Lipinski definition) is 3. The molecule has 1 aromatic carbocycles. The molecule has 2 heterocycles. The second-order valence-corrected chi connectivity index (χ2v) is 10.6. The first-order chi connectivity index (χ1) is 17.3. The zero-order valence-electron chi connectivity index (χ0n) is 20.8. The van der Waals surface area contributed by atoms with Crippen molar-refractivity contribution in [1.29, 1.82) is 0 Å². The predicted molar refractivity (Wildman–Crippen MR) is 125 cm³/mol. The highest BCUT2D eigenvalue weighted by Crippen LogP contribution is 2.47. The first-order valence-electron chi connectivity index (χ1n) is 12.6. The van der Waals surface area contributed by atoms with Crippen LogP contribution in [-0.2, 0) is 23.7 Å². The Morgan fingerprint density at radius 1 is 1.08 bits per heavy atom. The molecule has 0 unspecified atom stereocenters. The molecule has 1 aliphatic carbocycles. The molecule has 37 heavy (non-hydrogen) atoms. The maximum Gasteiger partial charge on any atom is 0.416 e. The predicted octanol–water partition coefficient (Wildman–Crippen LogP) is 6.14. The van der Waals surface area contributed by atoms with E-state index in [0.717, 1.165) is 38.0 Å². The Morgan fingerprint density at radius 3 is 2.22 bits per heavy atom. The molecule has 2 atom stereocenters. The quantitative estimate of drug-likeness (QED) is 0.442.